The predicted molar refractivity (Wildman–Crippen MR) is 56.1 cm³/mol. The third-order valence-corrected chi connectivity index (χ3v) is 2.00. The normalized spacial score (nSPS) is 10.2. The molecule has 0 aliphatic carbocycles. The fraction of sp³-hybridized carbons (Fsp3) is 0.182. The van der Waals surface area contributed by atoms with Gasteiger partial charge >= 0.3 is 0 Å². The highest BCUT2D eigenvalue weighted by Gasteiger charge is 2.01. The summed E-state index contributed by atoms with van der Waals surface area (Å²) in [7, 11) is 0. The van der Waals surface area contributed by atoms with Crippen LogP contribution in [0, 0.1) is 0 Å². The van der Waals surface area contributed by atoms with E-state index in [4.69, 9.17) is 5.11 Å². The van der Waals surface area contributed by atoms with Crippen LogP contribution < -0.4 is 0 Å². The van der Waals surface area contributed by atoms with Gasteiger partial charge in [0, 0.05) is 30.6 Å². The molecular weight excluding hydrogens is 190 g/mol. The van der Waals surface area contributed by atoms with Gasteiger partial charge in [0.15, 0.2) is 0 Å². The molecule has 2 aromatic rings. The van der Waals surface area contributed by atoms with E-state index in [9.17, 15) is 0 Å². The second-order valence-corrected chi connectivity index (χ2v) is 3.07. The Bertz CT molecular complexity index is 431. The largest absolute Gasteiger partial charge is 0.396 e. The number of pyridine rings is 1. The summed E-state index contributed by atoms with van der Waals surface area (Å²) in [5.41, 5.74) is 1.79. The fourth-order valence-electron chi connectivity index (χ4n) is 1.29. The van der Waals surface area contributed by atoms with Gasteiger partial charge in [-0.25, -0.2) is 9.97 Å². The lowest BCUT2D eigenvalue weighted by Crippen LogP contribution is -1.99. The zero-order chi connectivity index (χ0) is 10.5. The summed E-state index contributed by atoms with van der Waals surface area (Å²) >= 11 is 0. The molecule has 0 spiro atoms. The maximum absolute atomic E-state index is 8.79. The Hall–Kier alpha value is -1.81. The van der Waals surface area contributed by atoms with E-state index in [0.29, 0.717) is 12.2 Å². The van der Waals surface area contributed by atoms with E-state index in [1.54, 1.807) is 18.6 Å². The average molecular weight is 201 g/mol. The van der Waals surface area contributed by atoms with E-state index in [1.165, 1.54) is 0 Å². The molecule has 4 heteroatoms. The summed E-state index contributed by atoms with van der Waals surface area (Å²) in [6.45, 7) is 0.0660. The van der Waals surface area contributed by atoms with Gasteiger partial charge < -0.3 is 5.11 Å². The van der Waals surface area contributed by atoms with Crippen LogP contribution in [0.15, 0.2) is 36.8 Å². The molecule has 4 nitrogen and oxygen atoms in total. The molecule has 0 amide bonds. The van der Waals surface area contributed by atoms with Crippen LogP contribution in [0.25, 0.3) is 11.3 Å². The maximum Gasteiger partial charge on any atom is 0.131 e. The van der Waals surface area contributed by atoms with Gasteiger partial charge in [0.1, 0.15) is 5.82 Å². The summed E-state index contributed by atoms with van der Waals surface area (Å²) in [6.07, 6.45) is 5.65. The molecule has 0 fully saturated rings. The average Bonchev–Trinajstić information content (AvgIpc) is 2.31. The van der Waals surface area contributed by atoms with Gasteiger partial charge in [0.2, 0.25) is 0 Å². The van der Waals surface area contributed by atoms with E-state index < -0.39 is 0 Å². The minimum atomic E-state index is 0.0660. The molecule has 76 valence electrons. The first-order valence-electron chi connectivity index (χ1n) is 4.73. The van der Waals surface area contributed by atoms with Crippen molar-refractivity contribution >= 4 is 0 Å². The molecule has 0 unspecified atom stereocenters. The van der Waals surface area contributed by atoms with Crippen molar-refractivity contribution in [3.63, 3.8) is 0 Å². The summed E-state index contributed by atoms with van der Waals surface area (Å²) in [5, 5.41) is 8.79. The fourth-order valence-corrected chi connectivity index (χ4v) is 1.29. The molecule has 0 bridgehead atoms. The van der Waals surface area contributed by atoms with Crippen LogP contribution in [-0.2, 0) is 6.42 Å². The molecule has 0 saturated carbocycles. The lowest BCUT2D eigenvalue weighted by atomic mass is 10.2. The van der Waals surface area contributed by atoms with Gasteiger partial charge in [-0.3, -0.25) is 4.98 Å². The van der Waals surface area contributed by atoms with Gasteiger partial charge in [0.05, 0.1) is 12.3 Å². The first kappa shape index (κ1) is 9.73. The van der Waals surface area contributed by atoms with E-state index >= 15 is 0 Å². The van der Waals surface area contributed by atoms with Gasteiger partial charge in [-0.2, -0.15) is 0 Å². The highest BCUT2D eigenvalue weighted by Crippen LogP contribution is 2.14. The summed E-state index contributed by atoms with van der Waals surface area (Å²) in [4.78, 5) is 12.4. The third kappa shape index (κ3) is 2.35. The molecule has 2 rings (SSSR count). The third-order valence-electron chi connectivity index (χ3n) is 2.00. The second-order valence-electron chi connectivity index (χ2n) is 3.07. The molecule has 0 aliphatic rings. The maximum atomic E-state index is 8.79. The van der Waals surface area contributed by atoms with Gasteiger partial charge in [-0.05, 0) is 18.2 Å². The number of nitrogens with zero attached hydrogens (tertiary/aromatic N) is 3. The number of rotatable bonds is 3. The lowest BCUT2D eigenvalue weighted by molar-refractivity contribution is 0.296. The van der Waals surface area contributed by atoms with Crippen molar-refractivity contribution in [2.75, 3.05) is 6.61 Å². The van der Waals surface area contributed by atoms with Gasteiger partial charge in [0.25, 0.3) is 0 Å². The monoisotopic (exact) mass is 201 g/mol. The smallest absolute Gasteiger partial charge is 0.131 e. The number of aliphatic hydroxyl groups is 1. The Morgan fingerprint density at radius 3 is 2.87 bits per heavy atom. The van der Waals surface area contributed by atoms with Crippen molar-refractivity contribution in [3.8, 4) is 11.3 Å². The Labute approximate surface area is 87.7 Å². The first-order chi connectivity index (χ1) is 7.40. The van der Waals surface area contributed by atoms with Crippen LogP contribution in [0.2, 0.25) is 0 Å². The molecule has 2 heterocycles. The Kier molecular flexibility index (Phi) is 2.99. The predicted octanol–water partition coefficient (Wildman–Crippen LogP) is 1.07. The topological polar surface area (TPSA) is 58.9 Å². The molecule has 0 aliphatic heterocycles. The molecule has 15 heavy (non-hydrogen) atoms. The summed E-state index contributed by atoms with van der Waals surface area (Å²) < 4.78 is 0. The second kappa shape index (κ2) is 4.61. The van der Waals surface area contributed by atoms with Crippen LogP contribution in [0.1, 0.15) is 5.82 Å². The van der Waals surface area contributed by atoms with Gasteiger partial charge in [-0.15, -0.1) is 0 Å². The molecule has 0 radical (unpaired) electrons. The Morgan fingerprint density at radius 1 is 1.20 bits per heavy atom. The van der Waals surface area contributed by atoms with Crippen LogP contribution in [0.3, 0.4) is 0 Å². The zero-order valence-electron chi connectivity index (χ0n) is 8.17. The van der Waals surface area contributed by atoms with Crippen LogP contribution >= 0.6 is 0 Å². The van der Waals surface area contributed by atoms with E-state index in [1.807, 2.05) is 18.2 Å². The van der Waals surface area contributed by atoms with E-state index in [2.05, 4.69) is 15.0 Å². The van der Waals surface area contributed by atoms with Crippen molar-refractivity contribution in [2.24, 2.45) is 0 Å². The molecular formula is C11H11N3O. The van der Waals surface area contributed by atoms with Crippen molar-refractivity contribution in [1.29, 1.82) is 0 Å². The number of hydrogen-bond acceptors (Lipinski definition) is 4. The molecule has 1 N–H and O–H groups in total. The SMILES string of the molecule is OCCc1nccc(-c2cccnc2)n1. The lowest BCUT2D eigenvalue weighted by Gasteiger charge is -2.01. The van der Waals surface area contributed by atoms with Gasteiger partial charge in [-0.1, -0.05) is 0 Å². The number of hydrogen-bond donors (Lipinski definition) is 1. The van der Waals surface area contributed by atoms with Crippen LogP contribution in [0.5, 0.6) is 0 Å². The zero-order valence-corrected chi connectivity index (χ0v) is 8.17. The molecule has 2 aromatic heterocycles. The number of aliphatic hydroxyl groups excluding tert-OH is 1. The van der Waals surface area contributed by atoms with Crippen molar-refractivity contribution < 1.29 is 5.11 Å². The van der Waals surface area contributed by atoms with E-state index in [0.717, 1.165) is 11.3 Å². The van der Waals surface area contributed by atoms with Crippen molar-refractivity contribution in [2.45, 2.75) is 6.42 Å². The van der Waals surface area contributed by atoms with Crippen LogP contribution in [-0.4, -0.2) is 26.7 Å². The Balaban J connectivity index is 2.33. The molecule has 0 atom stereocenters. The number of aromatic nitrogens is 3. The molecule has 0 saturated heterocycles. The Morgan fingerprint density at radius 2 is 2.13 bits per heavy atom. The van der Waals surface area contributed by atoms with E-state index in [-0.39, 0.29) is 6.61 Å². The summed E-state index contributed by atoms with van der Waals surface area (Å²) in [6, 6.07) is 5.64. The first-order valence-corrected chi connectivity index (χ1v) is 4.73. The van der Waals surface area contributed by atoms with Crippen molar-refractivity contribution in [3.05, 3.63) is 42.6 Å². The standard InChI is InChI=1S/C11H11N3O/c15-7-4-11-13-6-3-10(14-11)9-2-1-5-12-8-9/h1-3,5-6,8,15H,4,7H2. The minimum Gasteiger partial charge on any atom is -0.396 e. The highest BCUT2D eigenvalue weighted by atomic mass is 16.3. The van der Waals surface area contributed by atoms with Crippen LogP contribution in [0.4, 0.5) is 0 Å². The quantitative estimate of drug-likeness (QED) is 0.807. The highest BCUT2D eigenvalue weighted by molar-refractivity contribution is 5.56. The minimum absolute atomic E-state index is 0.0660. The molecule has 0 aromatic carbocycles. The summed E-state index contributed by atoms with van der Waals surface area (Å²) in [5.74, 6) is 0.652. The van der Waals surface area contributed by atoms with Crippen molar-refractivity contribution in [1.82, 2.24) is 15.0 Å².